The van der Waals surface area contributed by atoms with Crippen LogP contribution in [-0.2, 0) is 4.74 Å². The van der Waals surface area contributed by atoms with E-state index in [9.17, 15) is 14.9 Å². The molecule has 0 aromatic carbocycles. The number of rotatable bonds is 9. The van der Waals surface area contributed by atoms with Crippen molar-refractivity contribution in [3.63, 3.8) is 0 Å². The number of carbonyl (C=O) groups excluding carboxylic acids is 1. The topological polar surface area (TPSA) is 106 Å². The van der Waals surface area contributed by atoms with Gasteiger partial charge >= 0.3 is 0 Å². The standard InChI is InChI=1S/C13H20N4O4/c1-3-4-6-21-7-5-15-13(18)10-8-12(14-2)16-9-11(10)17(19)20/h8-9H,3-7H2,1-2H3,(H,14,16)(H,15,18). The number of hydrogen-bond acceptors (Lipinski definition) is 6. The van der Waals surface area contributed by atoms with Crippen LogP contribution in [0.5, 0.6) is 0 Å². The quantitative estimate of drug-likeness (QED) is 0.407. The fourth-order valence-corrected chi connectivity index (χ4v) is 1.59. The number of pyridine rings is 1. The van der Waals surface area contributed by atoms with Crippen LogP contribution < -0.4 is 10.6 Å². The van der Waals surface area contributed by atoms with Crippen LogP contribution in [0.4, 0.5) is 11.5 Å². The van der Waals surface area contributed by atoms with Gasteiger partial charge < -0.3 is 15.4 Å². The summed E-state index contributed by atoms with van der Waals surface area (Å²) < 4.78 is 5.31. The van der Waals surface area contributed by atoms with Crippen molar-refractivity contribution in [1.82, 2.24) is 10.3 Å². The summed E-state index contributed by atoms with van der Waals surface area (Å²) in [6, 6.07) is 1.35. The third-order valence-corrected chi connectivity index (χ3v) is 2.75. The van der Waals surface area contributed by atoms with E-state index in [2.05, 4.69) is 22.5 Å². The monoisotopic (exact) mass is 296 g/mol. The zero-order valence-corrected chi connectivity index (χ0v) is 12.2. The first kappa shape index (κ1) is 16.8. The molecule has 1 rings (SSSR count). The number of unbranched alkanes of at least 4 members (excludes halogenated alkanes) is 1. The molecule has 1 amide bonds. The highest BCUT2D eigenvalue weighted by Gasteiger charge is 2.21. The lowest BCUT2D eigenvalue weighted by Gasteiger charge is -2.07. The van der Waals surface area contributed by atoms with E-state index in [0.29, 0.717) is 25.6 Å². The Labute approximate surface area is 123 Å². The third kappa shape index (κ3) is 5.35. The van der Waals surface area contributed by atoms with Crippen LogP contribution >= 0.6 is 0 Å². The Morgan fingerprint density at radius 3 is 2.86 bits per heavy atom. The molecule has 0 atom stereocenters. The number of ether oxygens (including phenoxy) is 1. The molecule has 8 heteroatoms. The smallest absolute Gasteiger partial charge is 0.300 e. The molecule has 0 saturated carbocycles. The Morgan fingerprint density at radius 2 is 2.24 bits per heavy atom. The highest BCUT2D eigenvalue weighted by molar-refractivity contribution is 5.98. The van der Waals surface area contributed by atoms with Crippen molar-refractivity contribution in [1.29, 1.82) is 0 Å². The van der Waals surface area contributed by atoms with Gasteiger partial charge in [-0.25, -0.2) is 4.98 Å². The molecule has 1 aromatic heterocycles. The van der Waals surface area contributed by atoms with E-state index in [0.717, 1.165) is 19.0 Å². The van der Waals surface area contributed by atoms with E-state index >= 15 is 0 Å². The molecule has 0 fully saturated rings. The number of anilines is 1. The normalized spacial score (nSPS) is 10.2. The molecule has 0 saturated heterocycles. The van der Waals surface area contributed by atoms with E-state index in [1.54, 1.807) is 7.05 Å². The number of hydrogen-bond donors (Lipinski definition) is 2. The lowest BCUT2D eigenvalue weighted by Crippen LogP contribution is -2.28. The molecule has 1 aromatic rings. The van der Waals surface area contributed by atoms with E-state index in [1.807, 2.05) is 0 Å². The van der Waals surface area contributed by atoms with Crippen molar-refractivity contribution in [3.8, 4) is 0 Å². The summed E-state index contributed by atoms with van der Waals surface area (Å²) in [5.74, 6) is -0.121. The molecule has 0 aliphatic carbocycles. The second-order valence-corrected chi connectivity index (χ2v) is 4.32. The Hall–Kier alpha value is -2.22. The van der Waals surface area contributed by atoms with Crippen LogP contribution in [0.2, 0.25) is 0 Å². The van der Waals surface area contributed by atoms with Gasteiger partial charge in [0.15, 0.2) is 0 Å². The minimum Gasteiger partial charge on any atom is -0.380 e. The van der Waals surface area contributed by atoms with Gasteiger partial charge in [0.25, 0.3) is 11.6 Å². The number of aromatic nitrogens is 1. The zero-order chi connectivity index (χ0) is 15.7. The Balaban J connectivity index is 2.61. The molecular weight excluding hydrogens is 276 g/mol. The van der Waals surface area contributed by atoms with Gasteiger partial charge in [-0.3, -0.25) is 14.9 Å². The molecule has 1 heterocycles. The molecule has 0 aliphatic rings. The molecule has 2 N–H and O–H groups in total. The average molecular weight is 296 g/mol. The summed E-state index contributed by atoms with van der Waals surface area (Å²) >= 11 is 0. The van der Waals surface area contributed by atoms with Crippen LogP contribution in [0, 0.1) is 10.1 Å². The summed E-state index contributed by atoms with van der Waals surface area (Å²) in [5.41, 5.74) is -0.341. The fraction of sp³-hybridized carbons (Fsp3) is 0.538. The highest BCUT2D eigenvalue weighted by atomic mass is 16.6. The van der Waals surface area contributed by atoms with Gasteiger partial charge in [-0.2, -0.15) is 0 Å². The van der Waals surface area contributed by atoms with E-state index < -0.39 is 10.8 Å². The maximum atomic E-state index is 12.0. The lowest BCUT2D eigenvalue weighted by atomic mass is 10.2. The molecular formula is C13H20N4O4. The van der Waals surface area contributed by atoms with Gasteiger partial charge in [-0.1, -0.05) is 13.3 Å². The maximum absolute atomic E-state index is 12.0. The van der Waals surface area contributed by atoms with Crippen LogP contribution in [-0.4, -0.2) is 42.6 Å². The van der Waals surface area contributed by atoms with Crippen LogP contribution in [0.15, 0.2) is 12.3 Å². The van der Waals surface area contributed by atoms with Crippen molar-refractivity contribution in [2.45, 2.75) is 19.8 Å². The SMILES string of the molecule is CCCCOCCNC(=O)c1cc(NC)ncc1[N+](=O)[O-]. The molecule has 0 spiro atoms. The molecule has 0 radical (unpaired) electrons. The molecule has 21 heavy (non-hydrogen) atoms. The summed E-state index contributed by atoms with van der Waals surface area (Å²) in [6.45, 7) is 3.39. The van der Waals surface area contributed by atoms with Crippen LogP contribution in [0.3, 0.4) is 0 Å². The third-order valence-electron chi connectivity index (χ3n) is 2.75. The lowest BCUT2D eigenvalue weighted by molar-refractivity contribution is -0.385. The van der Waals surface area contributed by atoms with Gasteiger partial charge in [0.1, 0.15) is 17.6 Å². The predicted octanol–water partition coefficient (Wildman–Crippen LogP) is 1.58. The van der Waals surface area contributed by atoms with Crippen LogP contribution in [0.1, 0.15) is 30.1 Å². The van der Waals surface area contributed by atoms with Crippen molar-refractivity contribution in [3.05, 3.63) is 27.9 Å². The first-order valence-electron chi connectivity index (χ1n) is 6.78. The minimum atomic E-state index is -0.626. The highest BCUT2D eigenvalue weighted by Crippen LogP contribution is 2.19. The summed E-state index contributed by atoms with van der Waals surface area (Å²) in [7, 11) is 1.62. The number of carbonyl (C=O) groups is 1. The second-order valence-electron chi connectivity index (χ2n) is 4.32. The minimum absolute atomic E-state index is 0.0205. The van der Waals surface area contributed by atoms with Crippen molar-refractivity contribution in [2.75, 3.05) is 32.1 Å². The first-order valence-corrected chi connectivity index (χ1v) is 6.78. The molecule has 0 bridgehead atoms. The number of nitrogens with zero attached hydrogens (tertiary/aromatic N) is 2. The first-order chi connectivity index (χ1) is 10.1. The summed E-state index contributed by atoms with van der Waals surface area (Å²) in [5, 5.41) is 16.3. The Morgan fingerprint density at radius 1 is 1.48 bits per heavy atom. The second kappa shape index (κ2) is 8.85. The zero-order valence-electron chi connectivity index (χ0n) is 12.2. The maximum Gasteiger partial charge on any atom is 0.300 e. The van der Waals surface area contributed by atoms with Gasteiger partial charge in [-0.15, -0.1) is 0 Å². The Bertz CT molecular complexity index is 493. The fourth-order valence-electron chi connectivity index (χ4n) is 1.59. The average Bonchev–Trinajstić information content (AvgIpc) is 2.49. The summed E-state index contributed by atoms with van der Waals surface area (Å²) in [4.78, 5) is 26.1. The van der Waals surface area contributed by atoms with Crippen molar-refractivity contribution in [2.24, 2.45) is 0 Å². The largest absolute Gasteiger partial charge is 0.380 e. The molecule has 0 aliphatic heterocycles. The van der Waals surface area contributed by atoms with Crippen molar-refractivity contribution < 1.29 is 14.5 Å². The van der Waals surface area contributed by atoms with Crippen molar-refractivity contribution >= 4 is 17.4 Å². The number of amides is 1. The molecule has 116 valence electrons. The Kier molecular flexibility index (Phi) is 7.10. The predicted molar refractivity (Wildman–Crippen MR) is 78.5 cm³/mol. The molecule has 8 nitrogen and oxygen atoms in total. The van der Waals surface area contributed by atoms with Gasteiger partial charge in [-0.05, 0) is 6.42 Å². The molecule has 0 unspecified atom stereocenters. The van der Waals surface area contributed by atoms with Crippen LogP contribution in [0.25, 0.3) is 0 Å². The van der Waals surface area contributed by atoms with E-state index in [-0.39, 0.29) is 11.3 Å². The summed E-state index contributed by atoms with van der Waals surface area (Å²) in [6.07, 6.45) is 3.08. The van der Waals surface area contributed by atoms with Gasteiger partial charge in [0.2, 0.25) is 0 Å². The van der Waals surface area contributed by atoms with Gasteiger partial charge in [0.05, 0.1) is 11.5 Å². The van der Waals surface area contributed by atoms with E-state index in [4.69, 9.17) is 4.74 Å². The number of nitro groups is 1. The number of nitrogens with one attached hydrogen (secondary N) is 2. The van der Waals surface area contributed by atoms with E-state index in [1.165, 1.54) is 6.07 Å². The van der Waals surface area contributed by atoms with Gasteiger partial charge in [0, 0.05) is 26.3 Å².